The molecule has 0 aliphatic carbocycles. The van der Waals surface area contributed by atoms with Gasteiger partial charge < -0.3 is 4.57 Å². The fourth-order valence-electron chi connectivity index (χ4n) is 3.49. The number of benzene rings is 3. The Morgan fingerprint density at radius 3 is 2.45 bits per heavy atom. The van der Waals surface area contributed by atoms with E-state index in [1.54, 1.807) is 42.1 Å². The molecule has 1 N–H and O–H groups in total. The Balaban J connectivity index is 1.65. The summed E-state index contributed by atoms with van der Waals surface area (Å²) in [4.78, 5) is 18.5. The van der Waals surface area contributed by atoms with Crippen molar-refractivity contribution in [3.05, 3.63) is 88.2 Å². The van der Waals surface area contributed by atoms with Crippen LogP contribution in [0.4, 0.5) is 0 Å². The first-order chi connectivity index (χ1) is 15.7. The Kier molecular flexibility index (Phi) is 6.52. The van der Waals surface area contributed by atoms with Gasteiger partial charge in [0.15, 0.2) is 0 Å². The third-order valence-corrected chi connectivity index (χ3v) is 7.77. The van der Waals surface area contributed by atoms with E-state index in [2.05, 4.69) is 9.71 Å². The molecule has 4 aromatic rings. The van der Waals surface area contributed by atoms with Crippen LogP contribution in [0.25, 0.3) is 11.0 Å². The van der Waals surface area contributed by atoms with E-state index in [9.17, 15) is 13.2 Å². The number of thioether (sulfide) groups is 1. The van der Waals surface area contributed by atoms with Crippen LogP contribution in [0.5, 0.6) is 0 Å². The number of hydrogen-bond acceptors (Lipinski definition) is 5. The topological polar surface area (TPSA) is 81.1 Å². The van der Waals surface area contributed by atoms with E-state index in [0.717, 1.165) is 27.4 Å². The highest BCUT2D eigenvalue weighted by Crippen LogP contribution is 2.26. The average Bonchev–Trinajstić information content (AvgIpc) is 3.09. The largest absolute Gasteiger partial charge is 0.324 e. The number of aryl methyl sites for hydroxylation is 2. The Morgan fingerprint density at radius 1 is 1.06 bits per heavy atom. The molecule has 33 heavy (non-hydrogen) atoms. The first kappa shape index (κ1) is 23.4. The maximum absolute atomic E-state index is 12.8. The van der Waals surface area contributed by atoms with Crippen molar-refractivity contribution in [3.63, 3.8) is 0 Å². The van der Waals surface area contributed by atoms with Gasteiger partial charge >= 0.3 is 0 Å². The molecule has 0 aliphatic heterocycles. The van der Waals surface area contributed by atoms with Gasteiger partial charge in [-0.1, -0.05) is 35.4 Å². The number of nitrogens with zero attached hydrogens (tertiary/aromatic N) is 2. The maximum atomic E-state index is 12.8. The van der Waals surface area contributed by atoms with Crippen LogP contribution in [0.3, 0.4) is 0 Å². The second kappa shape index (κ2) is 9.21. The Labute approximate surface area is 202 Å². The number of imidazole rings is 1. The molecular weight excluding hydrogens is 478 g/mol. The molecule has 0 atom stereocenters. The molecule has 0 spiro atoms. The van der Waals surface area contributed by atoms with Crippen LogP contribution in [0.1, 0.15) is 27.3 Å². The smallest absolute Gasteiger partial charge is 0.265 e. The molecule has 0 radical (unpaired) electrons. The number of halogens is 1. The highest BCUT2D eigenvalue weighted by molar-refractivity contribution is 7.98. The predicted molar refractivity (Wildman–Crippen MR) is 133 cm³/mol. The Hall–Kier alpha value is -2.81. The Morgan fingerprint density at radius 2 is 1.79 bits per heavy atom. The van der Waals surface area contributed by atoms with E-state index in [1.807, 2.05) is 42.9 Å². The van der Waals surface area contributed by atoms with Crippen molar-refractivity contribution >= 4 is 50.3 Å². The standard InChI is InChI=1S/C24H22ClN3O3S2/c1-15-4-9-20(10-5-15)33(30,31)27-24(29)17-7-11-22-23(12-17)28(16(2)26-22)14-18-6-8-19(32-3)13-21(18)25/h4-13H,14H2,1-3H3,(H,27,29). The fraction of sp³-hybridized carbons (Fsp3) is 0.167. The van der Waals surface area contributed by atoms with Crippen LogP contribution in [0, 0.1) is 13.8 Å². The van der Waals surface area contributed by atoms with E-state index < -0.39 is 15.9 Å². The van der Waals surface area contributed by atoms with Crippen LogP contribution >= 0.6 is 23.4 Å². The summed E-state index contributed by atoms with van der Waals surface area (Å²) >= 11 is 8.09. The van der Waals surface area contributed by atoms with Crippen molar-refractivity contribution in [1.29, 1.82) is 0 Å². The van der Waals surface area contributed by atoms with Crippen LogP contribution in [-0.2, 0) is 16.6 Å². The number of rotatable bonds is 6. The lowest BCUT2D eigenvalue weighted by Gasteiger charge is -2.11. The van der Waals surface area contributed by atoms with Crippen LogP contribution in [-0.4, -0.2) is 30.1 Å². The zero-order valence-electron chi connectivity index (χ0n) is 18.3. The lowest BCUT2D eigenvalue weighted by Crippen LogP contribution is -2.30. The van der Waals surface area contributed by atoms with Gasteiger partial charge in [-0.2, -0.15) is 0 Å². The van der Waals surface area contributed by atoms with Gasteiger partial charge in [0.2, 0.25) is 0 Å². The third kappa shape index (κ3) is 4.93. The minimum atomic E-state index is -3.98. The van der Waals surface area contributed by atoms with Gasteiger partial charge in [-0.15, -0.1) is 11.8 Å². The first-order valence-corrected chi connectivity index (χ1v) is 13.2. The summed E-state index contributed by atoms with van der Waals surface area (Å²) < 4.78 is 29.4. The van der Waals surface area contributed by atoms with Crippen molar-refractivity contribution in [3.8, 4) is 0 Å². The second-order valence-corrected chi connectivity index (χ2v) is 10.6. The van der Waals surface area contributed by atoms with Crippen LogP contribution in [0.15, 0.2) is 70.5 Å². The van der Waals surface area contributed by atoms with E-state index in [-0.39, 0.29) is 10.5 Å². The lowest BCUT2D eigenvalue weighted by atomic mass is 10.2. The average molecular weight is 500 g/mol. The van der Waals surface area contributed by atoms with Crippen molar-refractivity contribution < 1.29 is 13.2 Å². The molecule has 1 aromatic heterocycles. The number of aromatic nitrogens is 2. The van der Waals surface area contributed by atoms with Crippen LogP contribution < -0.4 is 4.72 Å². The molecule has 1 heterocycles. The minimum absolute atomic E-state index is 0.0340. The summed E-state index contributed by atoms with van der Waals surface area (Å²) in [5.41, 5.74) is 3.51. The molecule has 6 nitrogen and oxygen atoms in total. The minimum Gasteiger partial charge on any atom is -0.324 e. The first-order valence-electron chi connectivity index (χ1n) is 10.1. The summed E-state index contributed by atoms with van der Waals surface area (Å²) in [5.74, 6) is 0.0603. The monoisotopic (exact) mass is 499 g/mol. The van der Waals surface area contributed by atoms with Crippen molar-refractivity contribution in [1.82, 2.24) is 14.3 Å². The molecule has 0 fully saturated rings. The van der Waals surface area contributed by atoms with E-state index >= 15 is 0 Å². The summed E-state index contributed by atoms with van der Waals surface area (Å²) in [6.45, 7) is 4.22. The van der Waals surface area contributed by atoms with Gasteiger partial charge in [0.05, 0.1) is 22.5 Å². The van der Waals surface area contributed by atoms with Gasteiger partial charge in [-0.25, -0.2) is 18.1 Å². The van der Waals surface area contributed by atoms with Crippen molar-refractivity contribution in [2.24, 2.45) is 0 Å². The predicted octanol–water partition coefficient (Wildman–Crippen LogP) is 5.20. The second-order valence-electron chi connectivity index (χ2n) is 7.65. The number of amides is 1. The molecule has 0 saturated heterocycles. The van der Waals surface area contributed by atoms with Gasteiger partial charge in [0, 0.05) is 15.5 Å². The summed E-state index contributed by atoms with van der Waals surface area (Å²) in [6.07, 6.45) is 1.99. The van der Waals surface area contributed by atoms with Gasteiger partial charge in [-0.3, -0.25) is 4.79 Å². The number of nitrogens with one attached hydrogen (secondary N) is 1. The van der Waals surface area contributed by atoms with Crippen molar-refractivity contribution in [2.75, 3.05) is 6.26 Å². The number of fused-ring (bicyclic) bond motifs is 1. The maximum Gasteiger partial charge on any atom is 0.265 e. The van der Waals surface area contributed by atoms with E-state index in [0.29, 0.717) is 17.1 Å². The summed E-state index contributed by atoms with van der Waals surface area (Å²) in [6, 6.07) is 17.2. The van der Waals surface area contributed by atoms with Gasteiger partial charge in [0.1, 0.15) is 5.82 Å². The molecule has 0 unspecified atom stereocenters. The molecule has 0 saturated carbocycles. The summed E-state index contributed by atoms with van der Waals surface area (Å²) in [7, 11) is -3.98. The lowest BCUT2D eigenvalue weighted by molar-refractivity contribution is 0.0981. The highest BCUT2D eigenvalue weighted by Gasteiger charge is 2.20. The number of carbonyl (C=O) groups excluding carboxylic acids is 1. The van der Waals surface area contributed by atoms with Gasteiger partial charge in [0.25, 0.3) is 15.9 Å². The van der Waals surface area contributed by atoms with Crippen LogP contribution in [0.2, 0.25) is 5.02 Å². The quantitative estimate of drug-likeness (QED) is 0.369. The molecule has 170 valence electrons. The molecule has 1 amide bonds. The molecule has 0 aliphatic rings. The summed E-state index contributed by atoms with van der Waals surface area (Å²) in [5, 5.41) is 0.654. The molecule has 9 heteroatoms. The normalized spacial score (nSPS) is 11.6. The molecule has 0 bridgehead atoms. The van der Waals surface area contributed by atoms with E-state index in [1.165, 1.54) is 12.1 Å². The SMILES string of the molecule is CSc1ccc(Cn2c(C)nc3ccc(C(=O)NS(=O)(=O)c4ccc(C)cc4)cc32)c(Cl)c1. The Bertz CT molecular complexity index is 1460. The number of hydrogen-bond donors (Lipinski definition) is 1. The molecule has 3 aromatic carbocycles. The molecular formula is C24H22ClN3O3S2. The van der Waals surface area contributed by atoms with Gasteiger partial charge in [-0.05, 0) is 68.1 Å². The fourth-order valence-corrected chi connectivity index (χ4v) is 5.21. The number of sulfonamides is 1. The molecule has 4 rings (SSSR count). The zero-order valence-corrected chi connectivity index (χ0v) is 20.7. The van der Waals surface area contributed by atoms with E-state index in [4.69, 9.17) is 11.6 Å². The highest BCUT2D eigenvalue weighted by atomic mass is 35.5. The third-order valence-electron chi connectivity index (χ3n) is 5.35. The number of carbonyl (C=O) groups is 1. The van der Waals surface area contributed by atoms with Crippen molar-refractivity contribution in [2.45, 2.75) is 30.2 Å². The zero-order chi connectivity index (χ0) is 23.8.